The zero-order valence-corrected chi connectivity index (χ0v) is 8.66. The molecule has 0 amide bonds. The van der Waals surface area contributed by atoms with Crippen LogP contribution in [0.5, 0.6) is 0 Å². The molecule has 0 aromatic heterocycles. The van der Waals surface area contributed by atoms with Gasteiger partial charge in [-0.15, -0.1) is 0 Å². The molecule has 0 bridgehead atoms. The van der Waals surface area contributed by atoms with Gasteiger partial charge in [-0.3, -0.25) is 0 Å². The average molecular weight is 187 g/mol. The van der Waals surface area contributed by atoms with Crippen molar-refractivity contribution in [3.8, 4) is 0 Å². The van der Waals surface area contributed by atoms with Gasteiger partial charge in [0.1, 0.15) is 0 Å². The second-order valence-corrected chi connectivity index (χ2v) is 3.68. The number of nitrogens with zero attached hydrogens (tertiary/aromatic N) is 1. The first-order valence-electron chi connectivity index (χ1n) is 4.28. The molecule has 0 unspecified atom stereocenters. The zero-order valence-electron chi connectivity index (χ0n) is 8.66. The Morgan fingerprint density at radius 3 is 2.54 bits per heavy atom. The predicted molar refractivity (Wildman–Crippen MR) is 50.5 cm³/mol. The second kappa shape index (κ2) is 5.56. The third-order valence-corrected chi connectivity index (χ3v) is 1.00. The van der Waals surface area contributed by atoms with Crippen LogP contribution in [0.1, 0.15) is 27.7 Å². The fourth-order valence-corrected chi connectivity index (χ4v) is 0.488. The Hall–Kier alpha value is -1.06. The standard InChI is InChI=1S/C9H17NO3/c1-5-12-8(11)6-13-10-7-9(2,3)4/h7H,5-6H2,1-4H3/b10-7+. The lowest BCUT2D eigenvalue weighted by atomic mass is 10.00. The first kappa shape index (κ1) is 11.9. The van der Waals surface area contributed by atoms with Gasteiger partial charge in [0.25, 0.3) is 0 Å². The molecule has 0 rings (SSSR count). The van der Waals surface area contributed by atoms with E-state index in [1.807, 2.05) is 20.8 Å². The molecule has 4 nitrogen and oxygen atoms in total. The summed E-state index contributed by atoms with van der Waals surface area (Å²) in [5, 5.41) is 3.64. The molecule has 0 aliphatic carbocycles. The van der Waals surface area contributed by atoms with Crippen molar-refractivity contribution in [1.82, 2.24) is 0 Å². The highest BCUT2D eigenvalue weighted by Gasteiger charge is 2.06. The summed E-state index contributed by atoms with van der Waals surface area (Å²) in [5.74, 6) is -0.395. The smallest absolute Gasteiger partial charge is 0.347 e. The van der Waals surface area contributed by atoms with Crippen LogP contribution >= 0.6 is 0 Å². The maximum Gasteiger partial charge on any atom is 0.347 e. The molecule has 0 atom stereocenters. The minimum atomic E-state index is -0.395. The van der Waals surface area contributed by atoms with Gasteiger partial charge in [0.2, 0.25) is 6.61 Å². The van der Waals surface area contributed by atoms with Gasteiger partial charge in [0.15, 0.2) is 0 Å². The first-order chi connectivity index (χ1) is 5.95. The van der Waals surface area contributed by atoms with E-state index in [0.29, 0.717) is 6.61 Å². The van der Waals surface area contributed by atoms with E-state index in [2.05, 4.69) is 9.89 Å². The fourth-order valence-electron chi connectivity index (χ4n) is 0.488. The van der Waals surface area contributed by atoms with Crippen molar-refractivity contribution in [2.75, 3.05) is 13.2 Å². The molecule has 0 aromatic rings. The van der Waals surface area contributed by atoms with Crippen molar-refractivity contribution in [1.29, 1.82) is 0 Å². The van der Waals surface area contributed by atoms with Crippen molar-refractivity contribution >= 4 is 12.2 Å². The fraction of sp³-hybridized carbons (Fsp3) is 0.778. The van der Waals surface area contributed by atoms with E-state index in [0.717, 1.165) is 0 Å². The summed E-state index contributed by atoms with van der Waals surface area (Å²) in [6, 6.07) is 0. The highest BCUT2D eigenvalue weighted by Crippen LogP contribution is 2.08. The summed E-state index contributed by atoms with van der Waals surface area (Å²) >= 11 is 0. The Morgan fingerprint density at radius 1 is 1.46 bits per heavy atom. The molecule has 0 aromatic carbocycles. The molecule has 0 fully saturated rings. The lowest BCUT2D eigenvalue weighted by molar-refractivity contribution is -0.148. The summed E-state index contributed by atoms with van der Waals surface area (Å²) in [4.78, 5) is 15.5. The maximum atomic E-state index is 10.7. The van der Waals surface area contributed by atoms with E-state index in [1.165, 1.54) is 0 Å². The molecule has 13 heavy (non-hydrogen) atoms. The molecule has 0 spiro atoms. The summed E-state index contributed by atoms with van der Waals surface area (Å²) in [6.07, 6.45) is 1.65. The number of rotatable bonds is 4. The molecule has 0 N–H and O–H groups in total. The third kappa shape index (κ3) is 8.85. The van der Waals surface area contributed by atoms with E-state index >= 15 is 0 Å². The Labute approximate surface area is 78.9 Å². The molecule has 0 aliphatic rings. The Kier molecular flexibility index (Phi) is 5.11. The zero-order chi connectivity index (χ0) is 10.3. The van der Waals surface area contributed by atoms with Gasteiger partial charge in [0, 0.05) is 11.6 Å². The average Bonchev–Trinajstić information content (AvgIpc) is 1.97. The minimum absolute atomic E-state index is 0.0331. The monoisotopic (exact) mass is 187 g/mol. The lowest BCUT2D eigenvalue weighted by Crippen LogP contribution is -2.12. The number of hydrogen-bond acceptors (Lipinski definition) is 4. The van der Waals surface area contributed by atoms with Crippen molar-refractivity contribution < 1.29 is 14.4 Å². The number of esters is 1. The van der Waals surface area contributed by atoms with E-state index in [1.54, 1.807) is 13.1 Å². The normalized spacial score (nSPS) is 11.7. The van der Waals surface area contributed by atoms with Crippen molar-refractivity contribution in [3.63, 3.8) is 0 Å². The van der Waals surface area contributed by atoms with Gasteiger partial charge >= 0.3 is 5.97 Å². The van der Waals surface area contributed by atoms with Crippen LogP contribution in [-0.4, -0.2) is 25.4 Å². The van der Waals surface area contributed by atoms with E-state index in [9.17, 15) is 4.79 Å². The highest BCUT2D eigenvalue weighted by molar-refractivity contribution is 5.70. The minimum Gasteiger partial charge on any atom is -0.463 e. The molecular formula is C9H17NO3. The number of ether oxygens (including phenoxy) is 1. The maximum absolute atomic E-state index is 10.7. The number of carbonyl (C=O) groups excluding carboxylic acids is 1. The van der Waals surface area contributed by atoms with Crippen LogP contribution in [0.4, 0.5) is 0 Å². The molecule has 0 saturated heterocycles. The molecule has 0 heterocycles. The quantitative estimate of drug-likeness (QED) is 0.381. The summed E-state index contributed by atoms with van der Waals surface area (Å²) in [7, 11) is 0. The van der Waals surface area contributed by atoms with Crippen LogP contribution in [0.15, 0.2) is 5.16 Å². The largest absolute Gasteiger partial charge is 0.463 e. The van der Waals surface area contributed by atoms with Crippen LogP contribution < -0.4 is 0 Å². The van der Waals surface area contributed by atoms with Gasteiger partial charge in [-0.2, -0.15) is 0 Å². The van der Waals surface area contributed by atoms with Gasteiger partial charge in [-0.25, -0.2) is 4.79 Å². The van der Waals surface area contributed by atoms with E-state index in [4.69, 9.17) is 4.84 Å². The molecule has 0 saturated carbocycles. The van der Waals surface area contributed by atoms with Crippen LogP contribution in [0, 0.1) is 5.41 Å². The van der Waals surface area contributed by atoms with Crippen molar-refractivity contribution in [2.45, 2.75) is 27.7 Å². The number of oxime groups is 1. The summed E-state index contributed by atoms with van der Waals surface area (Å²) in [6.45, 7) is 7.96. The van der Waals surface area contributed by atoms with Crippen LogP contribution in [-0.2, 0) is 14.4 Å². The SMILES string of the molecule is CCOC(=O)CO/N=C/C(C)(C)C. The lowest BCUT2D eigenvalue weighted by Gasteiger charge is -2.09. The number of carbonyl (C=O) groups is 1. The first-order valence-corrected chi connectivity index (χ1v) is 4.28. The Bertz CT molecular complexity index is 182. The Balaban J connectivity index is 3.56. The van der Waals surface area contributed by atoms with Crippen LogP contribution in [0.3, 0.4) is 0 Å². The molecule has 4 heteroatoms. The molecule has 0 aliphatic heterocycles. The molecule has 0 radical (unpaired) electrons. The van der Waals surface area contributed by atoms with Gasteiger partial charge in [-0.1, -0.05) is 25.9 Å². The Morgan fingerprint density at radius 2 is 2.08 bits per heavy atom. The van der Waals surface area contributed by atoms with Gasteiger partial charge in [0.05, 0.1) is 6.61 Å². The summed E-state index contributed by atoms with van der Waals surface area (Å²) in [5.41, 5.74) is -0.0331. The van der Waals surface area contributed by atoms with Crippen LogP contribution in [0.25, 0.3) is 0 Å². The third-order valence-electron chi connectivity index (χ3n) is 1.00. The molecular weight excluding hydrogens is 170 g/mol. The van der Waals surface area contributed by atoms with E-state index < -0.39 is 5.97 Å². The van der Waals surface area contributed by atoms with Gasteiger partial charge < -0.3 is 9.57 Å². The van der Waals surface area contributed by atoms with E-state index in [-0.39, 0.29) is 12.0 Å². The summed E-state index contributed by atoms with van der Waals surface area (Å²) < 4.78 is 4.64. The van der Waals surface area contributed by atoms with Crippen molar-refractivity contribution in [2.24, 2.45) is 10.6 Å². The van der Waals surface area contributed by atoms with Gasteiger partial charge in [-0.05, 0) is 6.92 Å². The van der Waals surface area contributed by atoms with Crippen LogP contribution in [0.2, 0.25) is 0 Å². The molecule has 76 valence electrons. The highest BCUT2D eigenvalue weighted by atomic mass is 16.6. The topological polar surface area (TPSA) is 47.9 Å². The second-order valence-electron chi connectivity index (χ2n) is 3.68. The van der Waals surface area contributed by atoms with Crippen molar-refractivity contribution in [3.05, 3.63) is 0 Å². The predicted octanol–water partition coefficient (Wildman–Crippen LogP) is 1.60. The number of hydrogen-bond donors (Lipinski definition) is 0.